The summed E-state index contributed by atoms with van der Waals surface area (Å²) in [5.41, 5.74) is 0. The third-order valence-corrected chi connectivity index (χ3v) is 5.29. The van der Waals surface area contributed by atoms with Crippen LogP contribution in [0, 0.1) is 5.92 Å². The van der Waals surface area contributed by atoms with Gasteiger partial charge in [-0.25, -0.2) is 0 Å². The molecule has 3 N–H and O–H groups in total. The van der Waals surface area contributed by atoms with Crippen LogP contribution in [0.1, 0.15) is 77.6 Å². The van der Waals surface area contributed by atoms with Crippen molar-refractivity contribution >= 4 is 22.1 Å². The molecular formula is C16H30O7S. The van der Waals surface area contributed by atoms with E-state index in [1.54, 1.807) is 0 Å². The van der Waals surface area contributed by atoms with Crippen LogP contribution in [-0.4, -0.2) is 40.4 Å². The van der Waals surface area contributed by atoms with Gasteiger partial charge in [0.1, 0.15) is 0 Å². The van der Waals surface area contributed by atoms with Crippen LogP contribution in [0.25, 0.3) is 0 Å². The summed E-state index contributed by atoms with van der Waals surface area (Å²) < 4.78 is 31.2. The van der Waals surface area contributed by atoms with Crippen LogP contribution in [0.5, 0.6) is 0 Å². The highest BCUT2D eigenvalue weighted by Crippen LogP contribution is 2.21. The minimum absolute atomic E-state index is 0.0808. The van der Waals surface area contributed by atoms with Crippen LogP contribution in [0.3, 0.4) is 0 Å². The standard InChI is InChI=1S/C16H30O7S/c1-2-3-4-5-6-7-8-9-10-11-12-13(15(17)18)14(16(19)20)24(21,22)23/h13-14H,2-12H2,1H3,(H,17,18)(H,19,20)(H,21,22,23)/t13-,14+/m1/s1. The summed E-state index contributed by atoms with van der Waals surface area (Å²) in [6.07, 6.45) is 10.3. The molecule has 0 amide bonds. The van der Waals surface area contributed by atoms with Crippen LogP contribution in [0.2, 0.25) is 0 Å². The zero-order valence-electron chi connectivity index (χ0n) is 14.3. The molecule has 8 heteroatoms. The molecule has 0 aliphatic heterocycles. The average Bonchev–Trinajstić information content (AvgIpc) is 2.45. The summed E-state index contributed by atoms with van der Waals surface area (Å²) in [6.45, 7) is 2.17. The van der Waals surface area contributed by atoms with E-state index >= 15 is 0 Å². The fourth-order valence-corrected chi connectivity index (χ4v) is 3.69. The van der Waals surface area contributed by atoms with E-state index in [9.17, 15) is 18.0 Å². The van der Waals surface area contributed by atoms with Gasteiger partial charge in [-0.05, 0) is 6.42 Å². The van der Waals surface area contributed by atoms with Crippen molar-refractivity contribution in [1.82, 2.24) is 0 Å². The van der Waals surface area contributed by atoms with Gasteiger partial charge in [0, 0.05) is 0 Å². The summed E-state index contributed by atoms with van der Waals surface area (Å²) in [6, 6.07) is 0. The maximum Gasteiger partial charge on any atom is 0.325 e. The molecule has 0 saturated heterocycles. The van der Waals surface area contributed by atoms with E-state index in [0.29, 0.717) is 6.42 Å². The molecule has 0 rings (SSSR count). The van der Waals surface area contributed by atoms with E-state index in [0.717, 1.165) is 25.7 Å². The van der Waals surface area contributed by atoms with Crippen molar-refractivity contribution in [2.75, 3.05) is 0 Å². The Morgan fingerprint density at radius 1 is 0.792 bits per heavy atom. The number of carbonyl (C=O) groups is 2. The molecule has 0 fully saturated rings. The topological polar surface area (TPSA) is 129 Å². The SMILES string of the molecule is CCCCCCCCCCCC[C@@H](C(=O)O)[C@@H](C(=O)O)S(=O)(=O)O. The molecule has 0 radical (unpaired) electrons. The molecule has 24 heavy (non-hydrogen) atoms. The van der Waals surface area contributed by atoms with E-state index in [1.807, 2.05) is 0 Å². The lowest BCUT2D eigenvalue weighted by molar-refractivity contribution is -0.148. The van der Waals surface area contributed by atoms with Crippen LogP contribution >= 0.6 is 0 Å². The molecule has 0 saturated carbocycles. The van der Waals surface area contributed by atoms with Gasteiger partial charge < -0.3 is 10.2 Å². The first-order valence-electron chi connectivity index (χ1n) is 8.63. The second-order valence-corrected chi connectivity index (χ2v) is 7.73. The monoisotopic (exact) mass is 366 g/mol. The van der Waals surface area contributed by atoms with E-state index in [2.05, 4.69) is 6.92 Å². The van der Waals surface area contributed by atoms with Crippen molar-refractivity contribution in [1.29, 1.82) is 0 Å². The van der Waals surface area contributed by atoms with Gasteiger partial charge in [-0.2, -0.15) is 8.42 Å². The second kappa shape index (κ2) is 12.2. The molecule has 0 aromatic heterocycles. The van der Waals surface area contributed by atoms with E-state index in [1.165, 1.54) is 32.1 Å². The molecule has 2 atom stereocenters. The lowest BCUT2D eigenvalue weighted by Gasteiger charge is -2.17. The summed E-state index contributed by atoms with van der Waals surface area (Å²) >= 11 is 0. The number of hydrogen-bond acceptors (Lipinski definition) is 4. The van der Waals surface area contributed by atoms with E-state index < -0.39 is 33.2 Å². The number of carboxylic acid groups (broad SMARTS) is 2. The highest BCUT2D eigenvalue weighted by atomic mass is 32.2. The molecule has 0 aliphatic carbocycles. The summed E-state index contributed by atoms with van der Waals surface area (Å²) in [5.74, 6) is -4.99. The van der Waals surface area contributed by atoms with Gasteiger partial charge >= 0.3 is 11.9 Å². The average molecular weight is 366 g/mol. The zero-order valence-corrected chi connectivity index (χ0v) is 15.1. The molecule has 0 aromatic rings. The molecule has 0 bridgehead atoms. The van der Waals surface area contributed by atoms with Crippen molar-refractivity contribution in [2.45, 2.75) is 82.8 Å². The molecule has 0 heterocycles. The number of rotatable bonds is 15. The van der Waals surface area contributed by atoms with Crippen LogP contribution in [0.15, 0.2) is 0 Å². The van der Waals surface area contributed by atoms with Gasteiger partial charge in [0.15, 0.2) is 5.25 Å². The minimum Gasteiger partial charge on any atom is -0.481 e. The van der Waals surface area contributed by atoms with Crippen molar-refractivity contribution in [3.63, 3.8) is 0 Å². The minimum atomic E-state index is -4.95. The normalized spacial score (nSPS) is 14.2. The number of unbranched alkanes of at least 4 members (excludes halogenated alkanes) is 9. The van der Waals surface area contributed by atoms with Crippen molar-refractivity contribution in [3.05, 3.63) is 0 Å². The van der Waals surface area contributed by atoms with Gasteiger partial charge in [0.05, 0.1) is 5.92 Å². The Balaban J connectivity index is 4.11. The third-order valence-electron chi connectivity index (χ3n) is 4.12. The predicted octanol–water partition coefficient (Wildman–Crippen LogP) is 3.34. The van der Waals surface area contributed by atoms with E-state index in [-0.39, 0.29) is 6.42 Å². The van der Waals surface area contributed by atoms with Crippen molar-refractivity contribution in [3.8, 4) is 0 Å². The zero-order chi connectivity index (χ0) is 18.6. The first-order chi connectivity index (χ1) is 11.2. The Labute approximate surface area is 144 Å². The van der Waals surface area contributed by atoms with Gasteiger partial charge in [-0.1, -0.05) is 71.1 Å². The first-order valence-corrected chi connectivity index (χ1v) is 10.1. The van der Waals surface area contributed by atoms with Crippen LogP contribution < -0.4 is 0 Å². The highest BCUT2D eigenvalue weighted by molar-refractivity contribution is 7.87. The largest absolute Gasteiger partial charge is 0.481 e. The Morgan fingerprint density at radius 2 is 1.21 bits per heavy atom. The van der Waals surface area contributed by atoms with E-state index in [4.69, 9.17) is 14.8 Å². The Bertz CT molecular complexity index is 473. The van der Waals surface area contributed by atoms with Crippen LogP contribution in [0.4, 0.5) is 0 Å². The number of hydrogen-bond donors (Lipinski definition) is 3. The Hall–Kier alpha value is -1.15. The van der Waals surface area contributed by atoms with Gasteiger partial charge in [-0.15, -0.1) is 0 Å². The van der Waals surface area contributed by atoms with Gasteiger partial charge in [0.25, 0.3) is 10.1 Å². The maximum atomic E-state index is 11.1. The first kappa shape index (κ1) is 22.9. The van der Waals surface area contributed by atoms with Gasteiger partial charge in [-0.3, -0.25) is 14.1 Å². The molecule has 0 aromatic carbocycles. The number of aliphatic carboxylic acids is 2. The predicted molar refractivity (Wildman–Crippen MR) is 90.6 cm³/mol. The lowest BCUT2D eigenvalue weighted by atomic mass is 9.96. The van der Waals surface area contributed by atoms with Crippen LogP contribution in [-0.2, 0) is 19.7 Å². The van der Waals surface area contributed by atoms with Gasteiger partial charge in [0.2, 0.25) is 0 Å². The summed E-state index contributed by atoms with van der Waals surface area (Å²) in [4.78, 5) is 22.1. The Morgan fingerprint density at radius 3 is 1.54 bits per heavy atom. The summed E-state index contributed by atoms with van der Waals surface area (Å²) in [5, 5.41) is 15.6. The quantitative estimate of drug-likeness (QED) is 0.299. The molecule has 142 valence electrons. The smallest absolute Gasteiger partial charge is 0.325 e. The second-order valence-electron chi connectivity index (χ2n) is 6.19. The molecule has 0 aliphatic rings. The van der Waals surface area contributed by atoms with Crippen molar-refractivity contribution in [2.24, 2.45) is 5.92 Å². The Kier molecular flexibility index (Phi) is 11.7. The molecule has 0 unspecified atom stereocenters. The number of carboxylic acids is 2. The highest BCUT2D eigenvalue weighted by Gasteiger charge is 2.42. The fraction of sp³-hybridized carbons (Fsp3) is 0.875. The molecule has 0 spiro atoms. The maximum absolute atomic E-state index is 11.1. The van der Waals surface area contributed by atoms with Crippen molar-refractivity contribution < 1.29 is 32.8 Å². The third kappa shape index (κ3) is 9.87. The fourth-order valence-electron chi connectivity index (χ4n) is 2.76. The molecular weight excluding hydrogens is 336 g/mol. The lowest BCUT2D eigenvalue weighted by Crippen LogP contribution is -2.41. The molecule has 7 nitrogen and oxygen atoms in total. The summed E-state index contributed by atoms with van der Waals surface area (Å²) in [7, 11) is -4.95.